The van der Waals surface area contributed by atoms with Gasteiger partial charge in [0.05, 0.1) is 32.5 Å². The molecule has 2 aromatic carbocycles. The fourth-order valence-electron chi connectivity index (χ4n) is 5.18. The van der Waals surface area contributed by atoms with Crippen LogP contribution in [0.25, 0.3) is 0 Å². The molecule has 0 radical (unpaired) electrons. The van der Waals surface area contributed by atoms with E-state index in [0.717, 1.165) is 5.56 Å². The molecule has 216 valence electrons. The summed E-state index contributed by atoms with van der Waals surface area (Å²) in [5, 5.41) is 17.2. The molecule has 5 rings (SSSR count). The number of hydrogen-bond donors (Lipinski definition) is 3. The van der Waals surface area contributed by atoms with Gasteiger partial charge in [-0.3, -0.25) is 24.0 Å². The smallest absolute Gasteiger partial charge is 0.251 e. The molecule has 12 nitrogen and oxygen atoms in total. The number of aryl methyl sites for hydroxylation is 1. The number of carbonyl (C=O) groups excluding carboxylic acids is 3. The number of methoxy groups -OCH3 is 1. The molecule has 0 unspecified atom stereocenters. The lowest BCUT2D eigenvalue weighted by Gasteiger charge is -2.23. The summed E-state index contributed by atoms with van der Waals surface area (Å²) < 4.78 is 13.0. The van der Waals surface area contributed by atoms with E-state index in [2.05, 4.69) is 26.3 Å². The maximum absolute atomic E-state index is 13.4. The Kier molecular flexibility index (Phi) is 8.78. The molecule has 3 heterocycles. The Morgan fingerprint density at radius 2 is 1.90 bits per heavy atom. The molecule has 0 spiro atoms. The molecule has 3 N–H and O–H groups in total. The Morgan fingerprint density at radius 3 is 2.71 bits per heavy atom. The quantitative estimate of drug-likeness (QED) is 0.429. The fourth-order valence-corrected chi connectivity index (χ4v) is 5.18. The highest BCUT2D eigenvalue weighted by molar-refractivity contribution is 5.95. The van der Waals surface area contributed by atoms with Gasteiger partial charge in [-0.25, -0.2) is 0 Å². The fraction of sp³-hybridized carbons (Fsp3) is 0.414. The van der Waals surface area contributed by atoms with Gasteiger partial charge in [0.1, 0.15) is 11.7 Å². The highest BCUT2D eigenvalue weighted by Crippen LogP contribution is 2.28. The number of nitrogens with zero attached hydrogens (tertiary/aromatic N) is 4. The maximum Gasteiger partial charge on any atom is 0.251 e. The van der Waals surface area contributed by atoms with Gasteiger partial charge in [0.2, 0.25) is 11.8 Å². The number of amides is 3. The highest BCUT2D eigenvalue weighted by atomic mass is 16.5. The number of likely N-dealkylation sites (N-methyl/N-ethyl adjacent to an activating group) is 1. The molecule has 1 saturated heterocycles. The number of aromatic nitrogens is 3. The summed E-state index contributed by atoms with van der Waals surface area (Å²) in [6.45, 7) is 1.59. The third-order valence-corrected chi connectivity index (χ3v) is 7.35. The molecule has 0 saturated carbocycles. The van der Waals surface area contributed by atoms with Crippen molar-refractivity contribution in [1.29, 1.82) is 0 Å². The molecule has 3 amide bonds. The summed E-state index contributed by atoms with van der Waals surface area (Å²) in [5.74, 6) is 0.158. The van der Waals surface area contributed by atoms with Crippen LogP contribution < -0.4 is 25.4 Å². The van der Waals surface area contributed by atoms with E-state index in [4.69, 9.17) is 9.47 Å². The van der Waals surface area contributed by atoms with Crippen molar-refractivity contribution >= 4 is 17.7 Å². The molecule has 3 atom stereocenters. The first kappa shape index (κ1) is 28.1. The average Bonchev–Trinajstić information content (AvgIpc) is 3.59. The van der Waals surface area contributed by atoms with Crippen LogP contribution in [0.1, 0.15) is 34.5 Å². The van der Waals surface area contributed by atoms with Gasteiger partial charge in [-0.05, 0) is 37.2 Å². The topological polar surface area (TPSA) is 140 Å². The lowest BCUT2D eigenvalue weighted by molar-refractivity contribution is -0.131. The predicted molar refractivity (Wildman–Crippen MR) is 149 cm³/mol. The van der Waals surface area contributed by atoms with Crippen molar-refractivity contribution in [3.63, 3.8) is 0 Å². The second-order valence-electron chi connectivity index (χ2n) is 10.4. The van der Waals surface area contributed by atoms with Gasteiger partial charge >= 0.3 is 0 Å². The van der Waals surface area contributed by atoms with Crippen molar-refractivity contribution in [2.45, 2.75) is 50.5 Å². The first-order valence-electron chi connectivity index (χ1n) is 13.7. The second kappa shape index (κ2) is 12.8. The van der Waals surface area contributed by atoms with E-state index in [0.29, 0.717) is 61.7 Å². The minimum Gasteiger partial charge on any atom is -0.493 e. The molecular formula is C29H35N7O5. The molecule has 2 aliphatic rings. The molecule has 12 heteroatoms. The van der Waals surface area contributed by atoms with E-state index in [1.54, 1.807) is 36.2 Å². The minimum absolute atomic E-state index is 0.178. The zero-order valence-electron chi connectivity index (χ0n) is 23.2. The summed E-state index contributed by atoms with van der Waals surface area (Å²) in [5.41, 5.74) is 1.96. The van der Waals surface area contributed by atoms with Gasteiger partial charge in [0.25, 0.3) is 5.91 Å². The van der Waals surface area contributed by atoms with Gasteiger partial charge in [0.15, 0.2) is 11.5 Å². The van der Waals surface area contributed by atoms with Crippen molar-refractivity contribution in [1.82, 2.24) is 35.8 Å². The number of benzene rings is 2. The first-order valence-corrected chi connectivity index (χ1v) is 13.7. The Hall–Kier alpha value is -4.45. The first-order chi connectivity index (χ1) is 19.9. The van der Waals surface area contributed by atoms with Crippen LogP contribution >= 0.6 is 0 Å². The van der Waals surface area contributed by atoms with Crippen molar-refractivity contribution in [2.75, 3.05) is 27.3 Å². The average molecular weight is 562 g/mol. The Labute approximate surface area is 238 Å². The highest BCUT2D eigenvalue weighted by Gasteiger charge is 2.37. The third kappa shape index (κ3) is 7.01. The van der Waals surface area contributed by atoms with Gasteiger partial charge in [-0.2, -0.15) is 0 Å². The van der Waals surface area contributed by atoms with E-state index in [-0.39, 0.29) is 30.3 Å². The van der Waals surface area contributed by atoms with Gasteiger partial charge < -0.3 is 25.4 Å². The summed E-state index contributed by atoms with van der Waals surface area (Å²) >= 11 is 0. The minimum atomic E-state index is -0.786. The van der Waals surface area contributed by atoms with Gasteiger partial charge in [-0.1, -0.05) is 35.5 Å². The van der Waals surface area contributed by atoms with Crippen LogP contribution in [0.5, 0.6) is 11.5 Å². The summed E-state index contributed by atoms with van der Waals surface area (Å²) in [7, 11) is 3.39. The largest absolute Gasteiger partial charge is 0.493 e. The van der Waals surface area contributed by atoms with E-state index >= 15 is 0 Å². The van der Waals surface area contributed by atoms with Crippen LogP contribution in [0, 0.1) is 0 Å². The van der Waals surface area contributed by atoms with Crippen LogP contribution in [0.3, 0.4) is 0 Å². The van der Waals surface area contributed by atoms with Crippen LogP contribution in [0.15, 0.2) is 54.7 Å². The van der Waals surface area contributed by atoms with Gasteiger partial charge in [-0.15, -0.1) is 5.10 Å². The Morgan fingerprint density at radius 1 is 1.07 bits per heavy atom. The normalized spacial score (nSPS) is 22.5. The van der Waals surface area contributed by atoms with Gasteiger partial charge in [0, 0.05) is 37.5 Å². The Bertz CT molecular complexity index is 1380. The van der Waals surface area contributed by atoms with Crippen LogP contribution in [0.4, 0.5) is 0 Å². The van der Waals surface area contributed by atoms with Crippen LogP contribution in [-0.4, -0.2) is 83.0 Å². The number of hydrogen-bond acceptors (Lipinski definition) is 8. The van der Waals surface area contributed by atoms with E-state index in [1.807, 2.05) is 42.3 Å². The molecule has 1 fully saturated rings. The number of rotatable bonds is 3. The summed E-state index contributed by atoms with van der Waals surface area (Å²) in [6, 6.07) is 13.1. The Balaban J connectivity index is 1.38. The number of ether oxygens (including phenoxy) is 2. The molecule has 0 aliphatic carbocycles. The van der Waals surface area contributed by atoms with Crippen LogP contribution in [0.2, 0.25) is 0 Å². The predicted octanol–water partition coefficient (Wildman–Crippen LogP) is 0.916. The van der Waals surface area contributed by atoms with Crippen molar-refractivity contribution in [3.05, 3.63) is 71.5 Å². The monoisotopic (exact) mass is 561 g/mol. The van der Waals surface area contributed by atoms with E-state index in [1.165, 1.54) is 0 Å². The molecule has 2 aliphatic heterocycles. The van der Waals surface area contributed by atoms with Crippen molar-refractivity contribution in [2.24, 2.45) is 0 Å². The van der Waals surface area contributed by atoms with Crippen molar-refractivity contribution in [3.8, 4) is 11.5 Å². The molecular weight excluding hydrogens is 526 g/mol. The summed E-state index contributed by atoms with van der Waals surface area (Å²) in [4.78, 5) is 41.8. The lowest BCUT2D eigenvalue weighted by atomic mass is 10.0. The number of fused-ring (bicyclic) bond motifs is 6. The van der Waals surface area contributed by atoms with Crippen molar-refractivity contribution < 1.29 is 23.9 Å². The third-order valence-electron chi connectivity index (χ3n) is 7.35. The standard InChI is InChI=1S/C29H35N7O5/c1-35-17-21-15-24(35)29(39)32-23(13-19-7-4-3-5-8-19)28(38)30-16-22-18-36(34-33-22)11-6-12-41-26-14-20(27(37)31-21)9-10-25(26)40-2/h3-5,7-10,14,18,21,23-24H,6,11-13,15-17H2,1-2H3,(H,30,38)(H,31,37)(H,32,39)/t21-,23-,24-/m0/s1. The number of nitrogens with one attached hydrogen (secondary N) is 3. The molecule has 41 heavy (non-hydrogen) atoms. The lowest BCUT2D eigenvalue weighted by Crippen LogP contribution is -2.52. The zero-order chi connectivity index (χ0) is 28.8. The van der Waals surface area contributed by atoms with E-state index < -0.39 is 12.1 Å². The van der Waals surface area contributed by atoms with Crippen LogP contribution in [-0.2, 0) is 29.1 Å². The number of likely N-dealkylation sites (tertiary alicyclic amines) is 1. The number of carbonyl (C=O) groups is 3. The molecule has 3 aromatic rings. The SMILES string of the molecule is COc1ccc2cc1OCCCn1cc(nn1)CNC(=O)[C@H](Cc1ccccc1)NC(=O)[C@@H]1C[C@@H](CN1C)NC2=O. The molecule has 1 aromatic heterocycles. The van der Waals surface area contributed by atoms with E-state index in [9.17, 15) is 14.4 Å². The zero-order valence-corrected chi connectivity index (χ0v) is 23.2. The second-order valence-corrected chi connectivity index (χ2v) is 10.4. The molecule has 6 bridgehead atoms. The maximum atomic E-state index is 13.4. The summed E-state index contributed by atoms with van der Waals surface area (Å²) in [6.07, 6.45) is 3.15.